The second kappa shape index (κ2) is 17.4. The van der Waals surface area contributed by atoms with Crippen molar-refractivity contribution in [3.63, 3.8) is 0 Å². The molecule has 17 heteroatoms. The number of nitrogens with zero attached hydrogens (tertiary/aromatic N) is 4. The van der Waals surface area contributed by atoms with Crippen LogP contribution >= 0.6 is 0 Å². The van der Waals surface area contributed by atoms with Crippen molar-refractivity contribution in [2.75, 3.05) is 41.7 Å². The lowest BCUT2D eigenvalue weighted by molar-refractivity contribution is -0.133. The fraction of sp³-hybridized carbons (Fsp3) is 0.442. The number of rotatable bonds is 10. The Morgan fingerprint density at radius 3 is 2.33 bits per heavy atom. The van der Waals surface area contributed by atoms with Crippen molar-refractivity contribution in [1.29, 1.82) is 0 Å². The van der Waals surface area contributed by atoms with Gasteiger partial charge in [0.1, 0.15) is 17.6 Å². The van der Waals surface area contributed by atoms with Gasteiger partial charge in [-0.3, -0.25) is 29.4 Å². The van der Waals surface area contributed by atoms with Crippen LogP contribution in [0.25, 0.3) is 22.4 Å². The van der Waals surface area contributed by atoms with Gasteiger partial charge in [-0.05, 0) is 93.3 Å². The zero-order valence-electron chi connectivity index (χ0n) is 32.9. The van der Waals surface area contributed by atoms with E-state index in [0.717, 1.165) is 6.20 Å². The third-order valence-electron chi connectivity index (χ3n) is 12.2. The maximum Gasteiger partial charge on any atom is 0.280 e. The van der Waals surface area contributed by atoms with E-state index in [1.807, 2.05) is 0 Å². The fourth-order valence-corrected chi connectivity index (χ4v) is 8.95. The van der Waals surface area contributed by atoms with Crippen LogP contribution in [0.5, 0.6) is 0 Å². The average Bonchev–Trinajstić information content (AvgIpc) is 3.23. The largest absolute Gasteiger partial charge is 0.374 e. The standard InChI is InChI=1S/C43H47F4N9O4/c44-32-22-30(50-34-11-13-37(57)53-41(34)60)10-12-35(32)56-20-16-36(43(46,47)24-56)55-18-14-29(15-19-55)51-39(58)25-6-8-28(9-7-25)52-42-49-23-33(45)38(54-42)27-4-1-3-26(21-27)31-5-2-17-48-40(31)59/h1-5,10,12,17,21-23,25,28-29,34,36,50H,6-9,11,13-16,18-20,24H2,(H,48,59)(H,51,58)(H,49,52,54)(H,53,57,60). The van der Waals surface area contributed by atoms with E-state index in [2.05, 4.69) is 36.2 Å². The lowest BCUT2D eigenvalue weighted by Gasteiger charge is -2.46. The molecular formula is C43H47F4N9O4. The third kappa shape index (κ3) is 9.15. The highest BCUT2D eigenvalue weighted by Gasteiger charge is 2.48. The monoisotopic (exact) mass is 829 g/mol. The van der Waals surface area contributed by atoms with Gasteiger partial charge in [-0.15, -0.1) is 0 Å². The minimum Gasteiger partial charge on any atom is -0.374 e. The summed E-state index contributed by atoms with van der Waals surface area (Å²) >= 11 is 0. The van der Waals surface area contributed by atoms with Gasteiger partial charge in [-0.2, -0.15) is 0 Å². The highest BCUT2D eigenvalue weighted by molar-refractivity contribution is 6.01. The van der Waals surface area contributed by atoms with Gasteiger partial charge in [0.05, 0.1) is 24.5 Å². The van der Waals surface area contributed by atoms with Crippen LogP contribution in [0.1, 0.15) is 57.8 Å². The molecule has 8 rings (SSSR count). The highest BCUT2D eigenvalue weighted by Crippen LogP contribution is 2.37. The first kappa shape index (κ1) is 40.9. The minimum atomic E-state index is -3.10. The second-order valence-electron chi connectivity index (χ2n) is 16.2. The first-order valence-corrected chi connectivity index (χ1v) is 20.5. The maximum atomic E-state index is 15.7. The van der Waals surface area contributed by atoms with Crippen molar-refractivity contribution in [2.45, 2.75) is 87.9 Å². The van der Waals surface area contributed by atoms with Crippen LogP contribution in [0.3, 0.4) is 0 Å². The zero-order chi connectivity index (χ0) is 42.0. The van der Waals surface area contributed by atoms with Crippen molar-refractivity contribution < 1.29 is 31.9 Å². The first-order valence-electron chi connectivity index (χ1n) is 20.5. The molecule has 316 valence electrons. The number of piperidine rings is 3. The molecule has 4 fully saturated rings. The van der Waals surface area contributed by atoms with E-state index in [-0.39, 0.29) is 78.5 Å². The summed E-state index contributed by atoms with van der Waals surface area (Å²) in [5.74, 6) is -5.18. The summed E-state index contributed by atoms with van der Waals surface area (Å²) in [5, 5.41) is 11.6. The smallest absolute Gasteiger partial charge is 0.280 e. The number of nitrogens with one attached hydrogen (secondary N) is 5. The predicted molar refractivity (Wildman–Crippen MR) is 217 cm³/mol. The lowest BCUT2D eigenvalue weighted by Crippen LogP contribution is -2.61. The molecule has 3 saturated heterocycles. The number of likely N-dealkylation sites (tertiary alicyclic amines) is 1. The molecule has 13 nitrogen and oxygen atoms in total. The summed E-state index contributed by atoms with van der Waals surface area (Å²) in [7, 11) is 0. The summed E-state index contributed by atoms with van der Waals surface area (Å²) in [6.07, 6.45) is 6.97. The molecule has 1 saturated carbocycles. The Labute approximate surface area is 343 Å². The molecule has 5 N–H and O–H groups in total. The topological polar surface area (TPSA) is 164 Å². The molecule has 2 aromatic heterocycles. The predicted octanol–water partition coefficient (Wildman–Crippen LogP) is 5.46. The van der Waals surface area contributed by atoms with Gasteiger partial charge in [0.25, 0.3) is 11.5 Å². The van der Waals surface area contributed by atoms with Crippen LogP contribution in [0.15, 0.2) is 71.8 Å². The van der Waals surface area contributed by atoms with Gasteiger partial charge in [-0.25, -0.2) is 27.5 Å². The van der Waals surface area contributed by atoms with Gasteiger partial charge in [0.2, 0.25) is 23.7 Å². The minimum absolute atomic E-state index is 0.0178. The van der Waals surface area contributed by atoms with E-state index in [0.29, 0.717) is 74.0 Å². The van der Waals surface area contributed by atoms with Crippen LogP contribution < -0.4 is 31.7 Å². The SMILES string of the molecule is O=C1CCC(Nc2ccc(N3CCC(N4CCC(NC(=O)C5CCC(Nc6ncc(F)c(-c7cccc(-c8ccc[nH]c8=O)c7)n6)CC5)CC4)C(F)(F)C3)c(F)c2)C(=O)N1. The Kier molecular flexibility index (Phi) is 11.9. The molecule has 1 aliphatic carbocycles. The molecule has 2 unspecified atom stereocenters. The molecule has 4 aliphatic rings. The number of benzene rings is 2. The number of halogens is 4. The van der Waals surface area contributed by atoms with Crippen molar-refractivity contribution in [2.24, 2.45) is 5.92 Å². The second-order valence-corrected chi connectivity index (χ2v) is 16.2. The van der Waals surface area contributed by atoms with Gasteiger partial charge < -0.3 is 25.8 Å². The van der Waals surface area contributed by atoms with Gasteiger partial charge in [0.15, 0.2) is 5.82 Å². The summed E-state index contributed by atoms with van der Waals surface area (Å²) in [6, 6.07) is 12.7. The van der Waals surface area contributed by atoms with Crippen LogP contribution in [0.2, 0.25) is 0 Å². The molecule has 4 aromatic rings. The molecule has 3 aliphatic heterocycles. The number of amides is 3. The third-order valence-corrected chi connectivity index (χ3v) is 12.2. The van der Waals surface area contributed by atoms with Crippen molar-refractivity contribution in [3.8, 4) is 22.4 Å². The highest BCUT2D eigenvalue weighted by atomic mass is 19.3. The van der Waals surface area contributed by atoms with E-state index in [1.54, 1.807) is 53.6 Å². The molecule has 0 radical (unpaired) electrons. The molecule has 3 amide bonds. The molecule has 0 bridgehead atoms. The Morgan fingerprint density at radius 1 is 0.817 bits per heavy atom. The van der Waals surface area contributed by atoms with Gasteiger partial charge >= 0.3 is 0 Å². The Balaban J connectivity index is 0.785. The van der Waals surface area contributed by atoms with Crippen molar-refractivity contribution in [1.82, 2.24) is 30.5 Å². The van der Waals surface area contributed by atoms with E-state index in [9.17, 15) is 23.6 Å². The van der Waals surface area contributed by atoms with Crippen molar-refractivity contribution >= 4 is 35.0 Å². The summed E-state index contributed by atoms with van der Waals surface area (Å²) in [5.41, 5.74) is 1.83. The van der Waals surface area contributed by atoms with Gasteiger partial charge in [-0.1, -0.05) is 18.2 Å². The van der Waals surface area contributed by atoms with E-state index in [1.165, 1.54) is 17.0 Å². The van der Waals surface area contributed by atoms with E-state index >= 15 is 13.2 Å². The maximum absolute atomic E-state index is 15.7. The summed E-state index contributed by atoms with van der Waals surface area (Å²) < 4.78 is 61.6. The van der Waals surface area contributed by atoms with E-state index < -0.39 is 42.1 Å². The van der Waals surface area contributed by atoms with Crippen LogP contribution in [0.4, 0.5) is 34.9 Å². The number of aromatic nitrogens is 3. The van der Waals surface area contributed by atoms with Crippen LogP contribution in [0, 0.1) is 17.6 Å². The number of imide groups is 1. The summed E-state index contributed by atoms with van der Waals surface area (Å²) in [4.78, 5) is 63.6. The van der Waals surface area contributed by atoms with Crippen LogP contribution in [-0.4, -0.2) is 93.8 Å². The Bertz CT molecular complexity index is 2290. The number of H-pyrrole nitrogens is 1. The molecule has 2 aromatic carbocycles. The van der Waals surface area contributed by atoms with Crippen molar-refractivity contribution in [3.05, 3.63) is 89.0 Å². The lowest BCUT2D eigenvalue weighted by atomic mass is 9.85. The number of anilines is 3. The molecule has 2 atom stereocenters. The molecule has 60 heavy (non-hydrogen) atoms. The zero-order valence-corrected chi connectivity index (χ0v) is 32.9. The first-order chi connectivity index (χ1) is 28.9. The van der Waals surface area contributed by atoms with Gasteiger partial charge in [0, 0.05) is 67.1 Å². The molecule has 5 heterocycles. The van der Waals surface area contributed by atoms with Crippen LogP contribution in [-0.2, 0) is 14.4 Å². The number of hydrogen-bond acceptors (Lipinski definition) is 10. The number of hydrogen-bond donors (Lipinski definition) is 5. The average molecular weight is 830 g/mol. The fourth-order valence-electron chi connectivity index (χ4n) is 8.95. The number of pyridine rings is 1. The Morgan fingerprint density at radius 2 is 1.60 bits per heavy atom. The quantitative estimate of drug-likeness (QED) is 0.103. The molecule has 0 spiro atoms. The normalized spacial score (nSPS) is 23.8. The number of aromatic amines is 1. The number of carbonyl (C=O) groups excluding carboxylic acids is 3. The molecular weight excluding hydrogens is 783 g/mol. The number of alkyl halides is 2. The summed E-state index contributed by atoms with van der Waals surface area (Å²) in [6.45, 7) is 0.422. The van der Waals surface area contributed by atoms with E-state index in [4.69, 9.17) is 0 Å². The number of carbonyl (C=O) groups is 3. The Hall–Kier alpha value is -5.84.